The average Bonchev–Trinajstić information content (AvgIpc) is 2.65. The third kappa shape index (κ3) is 5.86. The van der Waals surface area contributed by atoms with Gasteiger partial charge in [-0.25, -0.2) is 0 Å². The smallest absolute Gasteiger partial charge is 0.253 e. The molecule has 0 unspecified atom stereocenters. The fraction of sp³-hybridized carbons (Fsp3) is 0.550. The molecule has 26 heavy (non-hydrogen) atoms. The van der Waals surface area contributed by atoms with Gasteiger partial charge >= 0.3 is 0 Å². The van der Waals surface area contributed by atoms with Crippen molar-refractivity contribution in [3.05, 3.63) is 35.9 Å². The van der Waals surface area contributed by atoms with Crippen LogP contribution < -0.4 is 10.6 Å². The van der Waals surface area contributed by atoms with Gasteiger partial charge in [-0.15, -0.1) is 0 Å². The largest absolute Gasteiger partial charge is 0.355 e. The maximum absolute atomic E-state index is 12.6. The molecular weight excluding hydrogens is 330 g/mol. The first-order valence-electron chi connectivity index (χ1n) is 9.36. The summed E-state index contributed by atoms with van der Waals surface area (Å²) in [7, 11) is 0. The summed E-state index contributed by atoms with van der Waals surface area (Å²) < 4.78 is 0. The van der Waals surface area contributed by atoms with Gasteiger partial charge in [-0.2, -0.15) is 0 Å². The molecule has 1 aromatic rings. The van der Waals surface area contributed by atoms with Crippen LogP contribution in [0.1, 0.15) is 43.5 Å². The maximum atomic E-state index is 12.6. The first kappa shape index (κ1) is 19.9. The van der Waals surface area contributed by atoms with Crippen molar-refractivity contribution < 1.29 is 14.4 Å². The number of hydrogen-bond acceptors (Lipinski definition) is 3. The van der Waals surface area contributed by atoms with Crippen LogP contribution in [0.4, 0.5) is 0 Å². The topological polar surface area (TPSA) is 78.5 Å². The van der Waals surface area contributed by atoms with E-state index in [9.17, 15) is 14.4 Å². The van der Waals surface area contributed by atoms with E-state index in [1.807, 2.05) is 35.2 Å². The van der Waals surface area contributed by atoms with Crippen LogP contribution in [0, 0.1) is 11.8 Å². The van der Waals surface area contributed by atoms with Crippen LogP contribution in [0.2, 0.25) is 0 Å². The normalized spacial score (nSPS) is 19.7. The summed E-state index contributed by atoms with van der Waals surface area (Å²) in [5.41, 5.74) is 0.719. The second-order valence-electron chi connectivity index (χ2n) is 6.87. The van der Waals surface area contributed by atoms with E-state index >= 15 is 0 Å². The number of carbonyl (C=O) groups is 3. The van der Waals surface area contributed by atoms with Gasteiger partial charge in [0.05, 0.1) is 0 Å². The molecule has 142 valence electrons. The number of carbonyl (C=O) groups excluding carboxylic acids is 3. The number of rotatable bonds is 7. The highest BCUT2D eigenvalue weighted by Gasteiger charge is 2.31. The van der Waals surface area contributed by atoms with Gasteiger partial charge in [-0.3, -0.25) is 14.4 Å². The molecule has 1 fully saturated rings. The minimum atomic E-state index is -0.0965. The van der Waals surface area contributed by atoms with Gasteiger partial charge in [0.1, 0.15) is 0 Å². The average molecular weight is 359 g/mol. The highest BCUT2D eigenvalue weighted by atomic mass is 16.2. The van der Waals surface area contributed by atoms with E-state index in [1.165, 1.54) is 6.92 Å². The summed E-state index contributed by atoms with van der Waals surface area (Å²) in [6.07, 6.45) is 2.27. The zero-order valence-electron chi connectivity index (χ0n) is 15.7. The van der Waals surface area contributed by atoms with Gasteiger partial charge in [-0.05, 0) is 30.4 Å². The van der Waals surface area contributed by atoms with E-state index in [0.29, 0.717) is 44.4 Å². The van der Waals surface area contributed by atoms with Crippen molar-refractivity contribution in [2.24, 2.45) is 11.8 Å². The molecule has 0 aliphatic carbocycles. The summed E-state index contributed by atoms with van der Waals surface area (Å²) in [5.74, 6) is 0.614. The van der Waals surface area contributed by atoms with Crippen molar-refractivity contribution in [1.82, 2.24) is 15.5 Å². The van der Waals surface area contributed by atoms with Gasteiger partial charge in [-0.1, -0.05) is 31.5 Å². The van der Waals surface area contributed by atoms with E-state index in [4.69, 9.17) is 0 Å². The van der Waals surface area contributed by atoms with Gasteiger partial charge in [0.2, 0.25) is 11.8 Å². The van der Waals surface area contributed by atoms with Gasteiger partial charge in [0, 0.05) is 45.1 Å². The summed E-state index contributed by atoms with van der Waals surface area (Å²) in [4.78, 5) is 37.5. The van der Waals surface area contributed by atoms with Crippen molar-refractivity contribution in [3.8, 4) is 0 Å². The predicted octanol–water partition coefficient (Wildman–Crippen LogP) is 1.82. The Hall–Kier alpha value is -2.37. The molecule has 0 radical (unpaired) electrons. The molecule has 2 atom stereocenters. The van der Waals surface area contributed by atoms with Crippen molar-refractivity contribution in [2.45, 2.75) is 33.1 Å². The molecule has 0 aromatic heterocycles. The van der Waals surface area contributed by atoms with E-state index in [-0.39, 0.29) is 17.7 Å². The van der Waals surface area contributed by atoms with Crippen LogP contribution in [0.3, 0.4) is 0 Å². The number of nitrogens with zero attached hydrogens (tertiary/aromatic N) is 1. The van der Waals surface area contributed by atoms with E-state index in [2.05, 4.69) is 17.6 Å². The van der Waals surface area contributed by atoms with E-state index in [0.717, 1.165) is 18.4 Å². The number of piperidine rings is 1. The molecule has 2 N–H and O–H groups in total. The number of benzene rings is 1. The molecule has 0 spiro atoms. The summed E-state index contributed by atoms with van der Waals surface area (Å²) in [6, 6.07) is 9.35. The van der Waals surface area contributed by atoms with Crippen LogP contribution in [-0.4, -0.2) is 48.8 Å². The Kier molecular flexibility index (Phi) is 7.63. The second kappa shape index (κ2) is 9.94. The van der Waals surface area contributed by atoms with Crippen molar-refractivity contribution >= 4 is 17.7 Å². The molecule has 1 heterocycles. The van der Waals surface area contributed by atoms with Crippen molar-refractivity contribution in [3.63, 3.8) is 0 Å². The lowest BCUT2D eigenvalue weighted by atomic mass is 9.81. The van der Waals surface area contributed by atoms with Gasteiger partial charge in [0.15, 0.2) is 0 Å². The Balaban J connectivity index is 1.82. The number of likely N-dealkylation sites (tertiary alicyclic amines) is 1. The van der Waals surface area contributed by atoms with Gasteiger partial charge < -0.3 is 15.5 Å². The summed E-state index contributed by atoms with van der Waals surface area (Å²) >= 11 is 0. The molecule has 0 saturated carbocycles. The van der Waals surface area contributed by atoms with E-state index in [1.54, 1.807) is 0 Å². The Bertz CT molecular complexity index is 618. The highest BCUT2D eigenvalue weighted by molar-refractivity contribution is 5.94. The molecule has 6 nitrogen and oxygen atoms in total. The fourth-order valence-corrected chi connectivity index (χ4v) is 3.51. The zero-order chi connectivity index (χ0) is 18.9. The Labute approximate surface area is 155 Å². The molecule has 2 rings (SSSR count). The summed E-state index contributed by atoms with van der Waals surface area (Å²) in [6.45, 7) is 5.85. The quantitative estimate of drug-likeness (QED) is 0.729. The van der Waals surface area contributed by atoms with Crippen LogP contribution in [0.5, 0.6) is 0 Å². The minimum Gasteiger partial charge on any atom is -0.355 e. The third-order valence-electron chi connectivity index (χ3n) is 4.99. The number of nitrogens with one attached hydrogen (secondary N) is 2. The lowest BCUT2D eigenvalue weighted by Gasteiger charge is -2.38. The van der Waals surface area contributed by atoms with Crippen LogP contribution >= 0.6 is 0 Å². The Morgan fingerprint density at radius 1 is 1.08 bits per heavy atom. The molecule has 1 aliphatic rings. The predicted molar refractivity (Wildman–Crippen MR) is 101 cm³/mol. The van der Waals surface area contributed by atoms with Crippen molar-refractivity contribution in [1.29, 1.82) is 0 Å². The monoisotopic (exact) mass is 359 g/mol. The standard InChI is InChI=1S/C20H29N3O3/c1-3-16-14-23(20(26)17-7-5-4-6-8-17)12-9-18(16)13-19(25)22-11-10-21-15(2)24/h4-8,16,18H,3,9-14H2,1-2H3,(H,21,24)(H,22,25)/t16-,18+/m1/s1. The molecule has 3 amide bonds. The molecule has 1 saturated heterocycles. The first-order chi connectivity index (χ1) is 12.5. The molecule has 0 bridgehead atoms. The second-order valence-corrected chi connectivity index (χ2v) is 6.87. The molecule has 1 aromatic carbocycles. The number of amides is 3. The maximum Gasteiger partial charge on any atom is 0.253 e. The lowest BCUT2D eigenvalue weighted by molar-refractivity contribution is -0.123. The first-order valence-corrected chi connectivity index (χ1v) is 9.36. The van der Waals surface area contributed by atoms with Crippen molar-refractivity contribution in [2.75, 3.05) is 26.2 Å². The summed E-state index contributed by atoms with van der Waals surface area (Å²) in [5, 5.41) is 5.52. The van der Waals surface area contributed by atoms with Crippen LogP contribution in [-0.2, 0) is 9.59 Å². The van der Waals surface area contributed by atoms with Gasteiger partial charge in [0.25, 0.3) is 5.91 Å². The third-order valence-corrected chi connectivity index (χ3v) is 4.99. The molecule has 1 aliphatic heterocycles. The number of hydrogen-bond donors (Lipinski definition) is 2. The fourth-order valence-electron chi connectivity index (χ4n) is 3.51. The minimum absolute atomic E-state index is 0.0154. The SMILES string of the molecule is CC[C@@H]1CN(C(=O)c2ccccc2)CC[C@H]1CC(=O)NCCNC(C)=O. The highest BCUT2D eigenvalue weighted by Crippen LogP contribution is 2.29. The Morgan fingerprint density at radius 3 is 2.42 bits per heavy atom. The molecule has 6 heteroatoms. The van der Waals surface area contributed by atoms with Crippen LogP contribution in [0.15, 0.2) is 30.3 Å². The zero-order valence-corrected chi connectivity index (χ0v) is 15.7. The van der Waals surface area contributed by atoms with E-state index < -0.39 is 0 Å². The Morgan fingerprint density at radius 2 is 1.77 bits per heavy atom. The van der Waals surface area contributed by atoms with Crippen LogP contribution in [0.25, 0.3) is 0 Å². The lowest BCUT2D eigenvalue weighted by Crippen LogP contribution is -2.45. The molecular formula is C20H29N3O3.